The van der Waals surface area contributed by atoms with E-state index in [9.17, 15) is 9.59 Å². The first kappa shape index (κ1) is 8.05. The molecule has 15 heavy (non-hydrogen) atoms. The summed E-state index contributed by atoms with van der Waals surface area (Å²) >= 11 is 0. The lowest BCUT2D eigenvalue weighted by Crippen LogP contribution is -1.95. The zero-order valence-corrected chi connectivity index (χ0v) is 7.40. The predicted molar refractivity (Wildman–Crippen MR) is 49.2 cm³/mol. The van der Waals surface area contributed by atoms with Gasteiger partial charge in [0.25, 0.3) is 0 Å². The van der Waals surface area contributed by atoms with Gasteiger partial charge in [-0.3, -0.25) is 4.58 Å². The van der Waals surface area contributed by atoms with Crippen LogP contribution in [-0.4, -0.2) is 5.97 Å². The molecular weight excluding hydrogens is 200 g/mol. The van der Waals surface area contributed by atoms with E-state index in [1.54, 1.807) is 0 Å². The number of hydrogen-bond donors (Lipinski definition) is 0. The largest absolute Gasteiger partial charge is 0.423 e. The Balaban J connectivity index is 2.48. The lowest BCUT2D eigenvalue weighted by Gasteiger charge is -1.91. The lowest BCUT2D eigenvalue weighted by molar-refractivity contribution is 0.0654. The third kappa shape index (κ3) is 0.914. The fraction of sp³-hybridized carbons (Fsp3) is 0. The molecule has 1 aromatic carbocycles. The van der Waals surface area contributed by atoms with Crippen LogP contribution in [0, 0.1) is 0 Å². The highest BCUT2D eigenvalue weighted by atomic mass is 17.0. The second kappa shape index (κ2) is 2.38. The molecule has 3 rings (SSSR count). The number of carbonyl (C=O) groups is 1. The first-order valence-electron chi connectivity index (χ1n) is 4.15. The summed E-state index contributed by atoms with van der Waals surface area (Å²) in [6, 6.07) is 2.89. The molecule has 0 saturated heterocycles. The minimum Gasteiger partial charge on any atom is -0.423 e. The van der Waals surface area contributed by atoms with E-state index in [1.807, 2.05) is 0 Å². The SMILES string of the molecule is C=C1OC(=O)c2cc3ooc(=O)c3cc21. The minimum absolute atomic E-state index is 0.227. The maximum Gasteiger partial charge on any atom is 0.390 e. The highest BCUT2D eigenvalue weighted by Gasteiger charge is 2.27. The molecule has 1 aliphatic heterocycles. The van der Waals surface area contributed by atoms with Crippen molar-refractivity contribution in [2.75, 3.05) is 0 Å². The monoisotopic (exact) mass is 204 g/mol. The minimum atomic E-state index is -0.583. The third-order valence-electron chi connectivity index (χ3n) is 2.28. The Bertz CT molecular complexity index is 658. The molecular formula is C10H4O5. The van der Waals surface area contributed by atoms with Gasteiger partial charge in [-0.1, -0.05) is 6.58 Å². The van der Waals surface area contributed by atoms with Crippen LogP contribution < -0.4 is 5.63 Å². The van der Waals surface area contributed by atoms with Gasteiger partial charge >= 0.3 is 11.6 Å². The van der Waals surface area contributed by atoms with Crippen LogP contribution in [0.2, 0.25) is 0 Å². The molecule has 74 valence electrons. The molecule has 0 fully saturated rings. The molecule has 0 spiro atoms. The van der Waals surface area contributed by atoms with Gasteiger partial charge in [-0.25, -0.2) is 14.2 Å². The van der Waals surface area contributed by atoms with Crippen molar-refractivity contribution in [1.29, 1.82) is 0 Å². The Labute approximate surface area is 82.5 Å². The Kier molecular flexibility index (Phi) is 1.28. The number of cyclic esters (lactones) is 1. The highest BCUT2D eigenvalue weighted by Crippen LogP contribution is 2.31. The number of carbonyl (C=O) groups excluding carboxylic acids is 1. The van der Waals surface area contributed by atoms with E-state index in [4.69, 9.17) is 4.74 Å². The molecule has 5 nitrogen and oxygen atoms in total. The van der Waals surface area contributed by atoms with Crippen molar-refractivity contribution in [1.82, 2.24) is 0 Å². The molecule has 0 atom stereocenters. The van der Waals surface area contributed by atoms with Crippen molar-refractivity contribution < 1.29 is 18.7 Å². The number of rotatable bonds is 0. The van der Waals surface area contributed by atoms with Gasteiger partial charge in [-0.15, -0.1) is 0 Å². The zero-order chi connectivity index (χ0) is 10.6. The Morgan fingerprint density at radius 2 is 1.87 bits per heavy atom. The normalized spacial score (nSPS) is 14.4. The molecule has 2 aromatic rings. The first-order chi connectivity index (χ1) is 7.16. The summed E-state index contributed by atoms with van der Waals surface area (Å²) in [6.45, 7) is 3.56. The molecule has 0 aliphatic carbocycles. The van der Waals surface area contributed by atoms with Gasteiger partial charge in [-0.05, 0) is 6.07 Å². The summed E-state index contributed by atoms with van der Waals surface area (Å²) in [4.78, 5) is 22.4. The predicted octanol–water partition coefficient (Wildman–Crippen LogP) is 1.53. The van der Waals surface area contributed by atoms with Crippen molar-refractivity contribution in [2.45, 2.75) is 0 Å². The molecule has 0 unspecified atom stereocenters. The second-order valence-electron chi connectivity index (χ2n) is 3.16. The topological polar surface area (TPSA) is 69.7 Å². The fourth-order valence-corrected chi connectivity index (χ4v) is 1.56. The summed E-state index contributed by atoms with van der Waals surface area (Å²) in [5, 5.41) is 0.271. The van der Waals surface area contributed by atoms with Crippen molar-refractivity contribution in [3.63, 3.8) is 0 Å². The van der Waals surface area contributed by atoms with Gasteiger partial charge in [-0.2, -0.15) is 0 Å². The van der Waals surface area contributed by atoms with Crippen LogP contribution in [0.5, 0.6) is 0 Å². The standard InChI is InChI=1S/C10H4O5/c1-4-5-2-7-8(14-15-10(7)12)3-6(5)9(11)13-4/h2-3H,1H2. The van der Waals surface area contributed by atoms with Crippen LogP contribution in [0.3, 0.4) is 0 Å². The highest BCUT2D eigenvalue weighted by molar-refractivity contribution is 6.05. The number of fused-ring (bicyclic) bond motifs is 2. The van der Waals surface area contributed by atoms with Gasteiger partial charge < -0.3 is 4.74 Å². The van der Waals surface area contributed by atoms with E-state index in [1.165, 1.54) is 12.1 Å². The summed E-state index contributed by atoms with van der Waals surface area (Å²) in [5.41, 5.74) is 0.476. The number of esters is 1. The van der Waals surface area contributed by atoms with Crippen LogP contribution in [0.25, 0.3) is 16.7 Å². The average Bonchev–Trinajstić information content (AvgIpc) is 2.70. The first-order valence-corrected chi connectivity index (χ1v) is 4.15. The van der Waals surface area contributed by atoms with Gasteiger partial charge in [0.05, 0.1) is 5.56 Å². The van der Waals surface area contributed by atoms with Crippen molar-refractivity contribution in [3.05, 3.63) is 40.3 Å². The zero-order valence-electron chi connectivity index (χ0n) is 7.40. The van der Waals surface area contributed by atoms with Gasteiger partial charge in [0.15, 0.2) is 5.58 Å². The summed E-state index contributed by atoms with van der Waals surface area (Å²) in [7, 11) is 0. The molecule has 2 heterocycles. The van der Waals surface area contributed by atoms with Crippen LogP contribution in [-0.2, 0) is 4.74 Å². The van der Waals surface area contributed by atoms with Crippen LogP contribution in [0.1, 0.15) is 15.9 Å². The van der Waals surface area contributed by atoms with Gasteiger partial charge in [0.2, 0.25) is 0 Å². The second-order valence-corrected chi connectivity index (χ2v) is 3.16. The van der Waals surface area contributed by atoms with Crippen molar-refractivity contribution in [2.24, 2.45) is 0 Å². The summed E-state index contributed by atoms with van der Waals surface area (Å²) in [5.74, 6) is -0.266. The number of hydrogen-bond acceptors (Lipinski definition) is 5. The van der Waals surface area contributed by atoms with E-state index in [0.717, 1.165) is 0 Å². The van der Waals surface area contributed by atoms with E-state index < -0.39 is 11.6 Å². The van der Waals surface area contributed by atoms with Crippen LogP contribution >= 0.6 is 0 Å². The van der Waals surface area contributed by atoms with Gasteiger partial charge in [0.1, 0.15) is 11.1 Å². The summed E-state index contributed by atoms with van der Waals surface area (Å²) in [6.07, 6.45) is 0. The van der Waals surface area contributed by atoms with E-state index >= 15 is 0 Å². The molecule has 0 amide bonds. The van der Waals surface area contributed by atoms with Crippen molar-refractivity contribution in [3.8, 4) is 0 Å². The lowest BCUT2D eigenvalue weighted by atomic mass is 10.1. The molecule has 1 aromatic heterocycles. The van der Waals surface area contributed by atoms with E-state index in [2.05, 4.69) is 15.7 Å². The van der Waals surface area contributed by atoms with Crippen molar-refractivity contribution >= 4 is 22.7 Å². The molecule has 0 saturated carbocycles. The molecule has 1 aliphatic rings. The molecule has 5 heteroatoms. The molecule has 0 bridgehead atoms. The van der Waals surface area contributed by atoms with E-state index in [0.29, 0.717) is 11.1 Å². The average molecular weight is 204 g/mol. The maximum atomic E-state index is 11.3. The fourth-order valence-electron chi connectivity index (χ4n) is 1.56. The molecule has 0 radical (unpaired) electrons. The Morgan fingerprint density at radius 1 is 1.07 bits per heavy atom. The quantitative estimate of drug-likeness (QED) is 0.480. The summed E-state index contributed by atoms with van der Waals surface area (Å²) < 4.78 is 13.8. The van der Waals surface area contributed by atoms with Crippen LogP contribution in [0.15, 0.2) is 32.7 Å². The van der Waals surface area contributed by atoms with Gasteiger partial charge in [0, 0.05) is 11.6 Å². The smallest absolute Gasteiger partial charge is 0.390 e. The number of benzene rings is 1. The maximum absolute atomic E-state index is 11.3. The van der Waals surface area contributed by atoms with E-state index in [-0.39, 0.29) is 16.7 Å². The molecule has 0 N–H and O–H groups in total. The number of ether oxygens (including phenoxy) is 1. The third-order valence-corrected chi connectivity index (χ3v) is 2.28. The Morgan fingerprint density at radius 3 is 2.67 bits per heavy atom. The van der Waals surface area contributed by atoms with Crippen LogP contribution in [0.4, 0.5) is 0 Å². The Hall–Kier alpha value is -2.30.